The van der Waals surface area contributed by atoms with Crippen molar-refractivity contribution in [2.24, 2.45) is 0 Å². The Morgan fingerprint density at radius 3 is 1.07 bits per heavy atom. The number of rotatable bonds is 41. The number of carbonyl (C=O) groups excluding carboxylic acids is 2. The molecule has 1 rings (SSSR count). The van der Waals surface area contributed by atoms with Crippen molar-refractivity contribution in [2.45, 2.75) is 220 Å². The van der Waals surface area contributed by atoms with Gasteiger partial charge in [0.2, 0.25) is 5.75 Å². The summed E-state index contributed by atoms with van der Waals surface area (Å²) in [5.74, 6) is 0.593. The number of hydrogen-bond acceptors (Lipinski definition) is 7. The predicted molar refractivity (Wildman–Crippen MR) is 235 cm³/mol. The first-order chi connectivity index (χ1) is 27.4. The van der Waals surface area contributed by atoms with Crippen LogP contribution >= 0.6 is 0 Å². The molecule has 0 bridgehead atoms. The number of unbranched alkanes of at least 4 members (excludes halogenated alkanes) is 27. The van der Waals surface area contributed by atoms with Crippen molar-refractivity contribution in [1.82, 2.24) is 0 Å². The zero-order valence-corrected chi connectivity index (χ0v) is 37.0. The van der Waals surface area contributed by atoms with Crippen LogP contribution in [-0.4, -0.2) is 45.0 Å². The number of carbonyl (C=O) groups is 2. The lowest BCUT2D eigenvalue weighted by Crippen LogP contribution is -2.15. The molecule has 0 spiro atoms. The Balaban J connectivity index is 2.91. The zero-order valence-electron chi connectivity index (χ0n) is 37.0. The monoisotopic (exact) mass is 787 g/mol. The molecule has 324 valence electrons. The number of ether oxygens (including phenoxy) is 5. The molecule has 1 aromatic carbocycles. The Bertz CT molecular complexity index is 1050. The van der Waals surface area contributed by atoms with Crippen molar-refractivity contribution in [3.8, 4) is 17.2 Å². The van der Waals surface area contributed by atoms with E-state index < -0.39 is 11.9 Å². The van der Waals surface area contributed by atoms with E-state index in [1.807, 2.05) is 0 Å². The van der Waals surface area contributed by atoms with Gasteiger partial charge in [-0.15, -0.1) is 0 Å². The fourth-order valence-corrected chi connectivity index (χ4v) is 6.83. The summed E-state index contributed by atoms with van der Waals surface area (Å²) < 4.78 is 29.9. The molecule has 0 saturated carbocycles. The Kier molecular flexibility index (Phi) is 34.7. The lowest BCUT2D eigenvalue weighted by atomic mass is 10.1. The number of hydrogen-bond donors (Lipinski definition) is 0. The number of esters is 2. The fourth-order valence-electron chi connectivity index (χ4n) is 6.83. The minimum atomic E-state index is -0.523. The van der Waals surface area contributed by atoms with Crippen molar-refractivity contribution >= 4 is 11.9 Å². The smallest absolute Gasteiger partial charge is 0.338 e. The van der Waals surface area contributed by atoms with E-state index in [-0.39, 0.29) is 13.2 Å². The van der Waals surface area contributed by atoms with Crippen LogP contribution in [0.25, 0.3) is 0 Å². The van der Waals surface area contributed by atoms with Crippen LogP contribution in [0.4, 0.5) is 0 Å². The molecule has 7 heteroatoms. The van der Waals surface area contributed by atoms with Gasteiger partial charge in [-0.3, -0.25) is 0 Å². The van der Waals surface area contributed by atoms with E-state index in [9.17, 15) is 9.59 Å². The van der Waals surface area contributed by atoms with Gasteiger partial charge in [0.05, 0.1) is 25.4 Å². The lowest BCUT2D eigenvalue weighted by Gasteiger charge is -2.19. The van der Waals surface area contributed by atoms with Gasteiger partial charge in [-0.25, -0.2) is 9.59 Å². The third-order valence-electron chi connectivity index (χ3n) is 10.4. The Hall–Kier alpha value is -2.70. The first kappa shape index (κ1) is 51.3. The topological polar surface area (TPSA) is 80.3 Å². The Morgan fingerprint density at radius 2 is 0.732 bits per heavy atom. The van der Waals surface area contributed by atoms with Crippen LogP contribution in [0.1, 0.15) is 231 Å². The molecule has 0 aliphatic carbocycles. The van der Waals surface area contributed by atoms with E-state index in [1.54, 1.807) is 19.1 Å². The molecule has 0 unspecified atom stereocenters. The summed E-state index contributed by atoms with van der Waals surface area (Å²) in [5, 5.41) is 0. The molecule has 7 nitrogen and oxygen atoms in total. The summed E-state index contributed by atoms with van der Waals surface area (Å²) >= 11 is 0. The summed E-state index contributed by atoms with van der Waals surface area (Å²) in [4.78, 5) is 25.1. The van der Waals surface area contributed by atoms with Crippen LogP contribution in [-0.2, 0) is 14.3 Å². The van der Waals surface area contributed by atoms with Gasteiger partial charge in [-0.05, 0) is 38.3 Å². The maximum Gasteiger partial charge on any atom is 0.338 e. The van der Waals surface area contributed by atoms with Crippen molar-refractivity contribution in [3.63, 3.8) is 0 Å². The second-order valence-corrected chi connectivity index (χ2v) is 15.9. The Labute approximate surface area is 344 Å². The van der Waals surface area contributed by atoms with Crippen LogP contribution in [0.3, 0.4) is 0 Å². The Morgan fingerprint density at radius 1 is 0.429 bits per heavy atom. The van der Waals surface area contributed by atoms with Gasteiger partial charge in [0.1, 0.15) is 13.2 Å². The van der Waals surface area contributed by atoms with Crippen LogP contribution in [0.5, 0.6) is 17.2 Å². The van der Waals surface area contributed by atoms with E-state index in [2.05, 4.69) is 27.4 Å². The maximum absolute atomic E-state index is 13.3. The highest BCUT2D eigenvalue weighted by Gasteiger charge is 2.20. The predicted octanol–water partition coefficient (Wildman–Crippen LogP) is 14.9. The third kappa shape index (κ3) is 28.7. The normalized spacial score (nSPS) is 11.1. The van der Waals surface area contributed by atoms with Crippen LogP contribution < -0.4 is 14.2 Å². The van der Waals surface area contributed by atoms with E-state index >= 15 is 0 Å². The van der Waals surface area contributed by atoms with Crippen LogP contribution in [0, 0.1) is 0 Å². The van der Waals surface area contributed by atoms with Gasteiger partial charge in [0, 0.05) is 5.57 Å². The van der Waals surface area contributed by atoms with E-state index in [1.165, 1.54) is 154 Å². The molecular weight excluding hydrogens is 701 g/mol. The van der Waals surface area contributed by atoms with Gasteiger partial charge in [0.25, 0.3) is 0 Å². The minimum absolute atomic E-state index is 0.0400. The summed E-state index contributed by atoms with van der Waals surface area (Å²) in [6.07, 6.45) is 37.5. The molecule has 0 heterocycles. The highest BCUT2D eigenvalue weighted by molar-refractivity contribution is 5.91. The molecule has 56 heavy (non-hydrogen) atoms. The molecule has 0 atom stereocenters. The highest BCUT2D eigenvalue weighted by Crippen LogP contribution is 2.40. The molecule has 0 saturated heterocycles. The quantitative estimate of drug-likeness (QED) is 0.0371. The van der Waals surface area contributed by atoms with E-state index in [0.717, 1.165) is 38.5 Å². The summed E-state index contributed by atoms with van der Waals surface area (Å²) in [6.45, 7) is 13.5. The summed E-state index contributed by atoms with van der Waals surface area (Å²) in [5.41, 5.74) is 0.636. The van der Waals surface area contributed by atoms with Crippen LogP contribution in [0.15, 0.2) is 24.3 Å². The number of benzene rings is 1. The molecule has 0 fully saturated rings. The molecule has 0 N–H and O–H groups in total. The molecule has 0 aromatic heterocycles. The van der Waals surface area contributed by atoms with Gasteiger partial charge >= 0.3 is 11.9 Å². The molecular formula is C49H86O7. The molecule has 1 aromatic rings. The summed E-state index contributed by atoms with van der Waals surface area (Å²) in [7, 11) is 0. The van der Waals surface area contributed by atoms with Gasteiger partial charge in [-0.1, -0.05) is 201 Å². The minimum Gasteiger partial charge on any atom is -0.490 e. The van der Waals surface area contributed by atoms with E-state index in [4.69, 9.17) is 23.7 Å². The van der Waals surface area contributed by atoms with Crippen molar-refractivity contribution in [3.05, 3.63) is 29.8 Å². The fraction of sp³-hybridized carbons (Fsp3) is 0.796. The molecule has 0 aliphatic rings. The largest absolute Gasteiger partial charge is 0.490 e. The zero-order chi connectivity index (χ0) is 40.7. The standard InChI is InChI=1S/C49H86O7/c1-6-9-12-15-18-21-24-27-30-33-36-52-45-41-44(49(51)56-40-39-55-48(50)43(4)5)42-46(53-37-34-31-28-25-22-19-16-13-10-7-2)47(45)54-38-35-32-29-26-23-20-17-14-11-8-3/h41-42H,4,6-40H2,1-3,5H3. The van der Waals surface area contributed by atoms with E-state index in [0.29, 0.717) is 48.2 Å². The first-order valence-corrected chi connectivity index (χ1v) is 23.5. The summed E-state index contributed by atoms with van der Waals surface area (Å²) in [6, 6.07) is 3.44. The SMILES string of the molecule is C=C(C)C(=O)OCCOC(=O)c1cc(OCCCCCCCCCCCC)c(OCCCCCCCCCCCC)c(OCCCCCCCCCCCC)c1. The van der Waals surface area contributed by atoms with Gasteiger partial charge < -0.3 is 23.7 Å². The molecule has 0 aliphatic heterocycles. The van der Waals surface area contributed by atoms with Crippen molar-refractivity contribution in [1.29, 1.82) is 0 Å². The first-order valence-electron chi connectivity index (χ1n) is 23.5. The van der Waals surface area contributed by atoms with Crippen LogP contribution in [0.2, 0.25) is 0 Å². The maximum atomic E-state index is 13.3. The average molecular weight is 787 g/mol. The highest BCUT2D eigenvalue weighted by atomic mass is 16.6. The molecule has 0 radical (unpaired) electrons. The molecule has 0 amide bonds. The van der Waals surface area contributed by atoms with Gasteiger partial charge in [0.15, 0.2) is 11.5 Å². The van der Waals surface area contributed by atoms with Crippen molar-refractivity contribution < 1.29 is 33.3 Å². The van der Waals surface area contributed by atoms with Crippen molar-refractivity contribution in [2.75, 3.05) is 33.0 Å². The second kappa shape index (κ2) is 37.9. The van der Waals surface area contributed by atoms with Gasteiger partial charge in [-0.2, -0.15) is 0 Å². The third-order valence-corrected chi connectivity index (χ3v) is 10.4. The second-order valence-electron chi connectivity index (χ2n) is 15.9. The average Bonchev–Trinajstić information content (AvgIpc) is 3.19. The lowest BCUT2D eigenvalue weighted by molar-refractivity contribution is -0.140.